The van der Waals surface area contributed by atoms with Gasteiger partial charge in [0, 0.05) is 26.2 Å². The number of hydrogen-bond acceptors (Lipinski definition) is 7. The minimum atomic E-state index is -1.53. The number of carbonyl (C=O) groups is 4. The second-order valence-electron chi connectivity index (χ2n) is 12.4. The summed E-state index contributed by atoms with van der Waals surface area (Å²) in [5, 5.41) is 28.5. The van der Waals surface area contributed by atoms with Crippen molar-refractivity contribution >= 4 is 23.8 Å². The predicted molar refractivity (Wildman–Crippen MR) is 192 cm³/mol. The van der Waals surface area contributed by atoms with Crippen LogP contribution in [-0.4, -0.2) is 64.0 Å². The van der Waals surface area contributed by atoms with Gasteiger partial charge in [-0.2, -0.15) is 7.11 Å². The smallest absolute Gasteiger partial charge is 0.857 e. The molecule has 11 nitrogen and oxygen atoms in total. The van der Waals surface area contributed by atoms with E-state index in [-0.39, 0.29) is 42.6 Å². The van der Waals surface area contributed by atoms with Crippen LogP contribution in [0.3, 0.4) is 0 Å². The monoisotopic (exact) mass is 732 g/mol. The van der Waals surface area contributed by atoms with Crippen LogP contribution in [0.1, 0.15) is 37.8 Å². The van der Waals surface area contributed by atoms with Crippen LogP contribution < -0.4 is 44.1 Å². The molecule has 1 aliphatic carbocycles. The molecule has 0 radical (unpaired) electrons. The first-order valence-corrected chi connectivity index (χ1v) is 17.3. The van der Waals surface area contributed by atoms with Gasteiger partial charge in [-0.05, 0) is 72.5 Å². The van der Waals surface area contributed by atoms with Crippen molar-refractivity contribution in [3.63, 3.8) is 0 Å². The van der Waals surface area contributed by atoms with Crippen LogP contribution in [0.25, 0.3) is 0 Å². The minimum absolute atomic E-state index is 0. The summed E-state index contributed by atoms with van der Waals surface area (Å²) in [5.41, 5.74) is 1.56. The Balaban J connectivity index is 0.00000248. The fourth-order valence-corrected chi connectivity index (χ4v) is 6.49. The second kappa shape index (κ2) is 21.1. The Hall–Kier alpha value is -4.68. The van der Waals surface area contributed by atoms with Crippen molar-refractivity contribution in [3.05, 3.63) is 120 Å². The molecule has 0 spiro atoms. The van der Waals surface area contributed by atoms with Gasteiger partial charge >= 0.3 is 41.5 Å². The van der Waals surface area contributed by atoms with Gasteiger partial charge in [-0.3, -0.25) is 19.2 Å². The number of carbonyl (C=O) groups excluding carboxylic acids is 2. The van der Waals surface area contributed by atoms with Gasteiger partial charge in [-0.25, -0.2) is 0 Å². The molecule has 0 bridgehead atoms. The molecule has 1 aliphatic rings. The van der Waals surface area contributed by atoms with Crippen molar-refractivity contribution in [1.82, 2.24) is 9.80 Å². The van der Waals surface area contributed by atoms with Crippen LogP contribution in [0.5, 0.6) is 23.0 Å². The summed E-state index contributed by atoms with van der Waals surface area (Å²) >= 11 is 0. The first-order chi connectivity index (χ1) is 25.2. The van der Waals surface area contributed by atoms with Crippen LogP contribution in [0.4, 0.5) is 0 Å². The van der Waals surface area contributed by atoms with Crippen molar-refractivity contribution in [2.45, 2.75) is 39.8 Å². The number of aliphatic carboxylic acids is 2. The third-order valence-electron chi connectivity index (χ3n) is 8.85. The number of amides is 2. The number of para-hydroxylation sites is 2. The molecular formula is C41H45N2NaO9. The Morgan fingerprint density at radius 2 is 0.830 bits per heavy atom. The normalized spacial score (nSPS) is 17.1. The summed E-state index contributed by atoms with van der Waals surface area (Å²) in [6, 6.07) is 33.1. The predicted octanol–water partition coefficient (Wildman–Crippen LogP) is 3.08. The maximum Gasteiger partial charge on any atom is 1.00 e. The molecular weight excluding hydrogens is 687 g/mol. The molecule has 0 unspecified atom stereocenters. The van der Waals surface area contributed by atoms with Gasteiger partial charge in [-0.1, -0.05) is 74.5 Å². The number of ether oxygens (including phenoxy) is 2. The van der Waals surface area contributed by atoms with Gasteiger partial charge in [0.2, 0.25) is 11.8 Å². The molecule has 4 atom stereocenters. The Labute approximate surface area is 332 Å². The van der Waals surface area contributed by atoms with Gasteiger partial charge in [-0.15, -0.1) is 0 Å². The van der Waals surface area contributed by atoms with E-state index < -0.39 is 47.4 Å². The van der Waals surface area contributed by atoms with Crippen molar-refractivity contribution < 1.29 is 73.5 Å². The molecule has 274 valence electrons. The molecule has 12 heteroatoms. The third-order valence-corrected chi connectivity index (χ3v) is 8.85. The van der Waals surface area contributed by atoms with E-state index in [1.54, 1.807) is 24.3 Å². The zero-order valence-electron chi connectivity index (χ0n) is 30.6. The summed E-state index contributed by atoms with van der Waals surface area (Å²) < 4.78 is 11.8. The molecule has 0 aromatic heterocycles. The molecule has 4 aromatic rings. The third kappa shape index (κ3) is 11.2. The molecule has 53 heavy (non-hydrogen) atoms. The van der Waals surface area contributed by atoms with Crippen molar-refractivity contribution in [2.24, 2.45) is 23.7 Å². The van der Waals surface area contributed by atoms with E-state index in [1.807, 2.05) is 98.8 Å². The van der Waals surface area contributed by atoms with E-state index in [4.69, 9.17) is 14.6 Å². The van der Waals surface area contributed by atoms with E-state index in [1.165, 1.54) is 9.80 Å². The van der Waals surface area contributed by atoms with Crippen LogP contribution in [-0.2, 0) is 32.3 Å². The average molecular weight is 733 g/mol. The maximum atomic E-state index is 14.2. The molecule has 1 saturated carbocycles. The van der Waals surface area contributed by atoms with Crippen LogP contribution in [0, 0.1) is 23.7 Å². The summed E-state index contributed by atoms with van der Waals surface area (Å²) in [6.07, 6.45) is 1.16. The zero-order valence-corrected chi connectivity index (χ0v) is 32.6. The largest absolute Gasteiger partial charge is 1.00 e. The zero-order chi connectivity index (χ0) is 37.6. The number of benzene rings is 4. The van der Waals surface area contributed by atoms with E-state index in [2.05, 4.69) is 0 Å². The molecule has 2 amide bonds. The van der Waals surface area contributed by atoms with E-state index in [0.717, 1.165) is 18.2 Å². The van der Waals surface area contributed by atoms with Gasteiger partial charge < -0.3 is 34.6 Å². The van der Waals surface area contributed by atoms with Crippen LogP contribution in [0.2, 0.25) is 0 Å². The van der Waals surface area contributed by atoms with E-state index >= 15 is 0 Å². The number of hydrogen-bond donors (Lipinski definition) is 2. The molecule has 0 aliphatic heterocycles. The number of rotatable bonds is 16. The first kappa shape index (κ1) is 42.7. The fourth-order valence-electron chi connectivity index (χ4n) is 6.49. The maximum absolute atomic E-state index is 14.2. The summed E-state index contributed by atoms with van der Waals surface area (Å²) in [6.45, 7) is 4.73. The number of carboxylic acid groups (broad SMARTS) is 2. The van der Waals surface area contributed by atoms with Gasteiger partial charge in [0.25, 0.3) is 0 Å². The van der Waals surface area contributed by atoms with Gasteiger partial charge in [0.15, 0.2) is 0 Å². The Morgan fingerprint density at radius 1 is 0.528 bits per heavy atom. The summed E-state index contributed by atoms with van der Waals surface area (Å²) in [7, 11) is 0.750. The summed E-state index contributed by atoms with van der Waals surface area (Å²) in [4.78, 5) is 56.4. The van der Waals surface area contributed by atoms with Crippen molar-refractivity contribution in [3.8, 4) is 23.0 Å². The minimum Gasteiger partial charge on any atom is -0.857 e. The Bertz CT molecular complexity index is 1630. The quantitative estimate of drug-likeness (QED) is 0.165. The molecule has 0 heterocycles. The number of nitrogens with zero attached hydrogens (tertiary/aromatic N) is 2. The van der Waals surface area contributed by atoms with E-state index in [9.17, 15) is 29.4 Å². The molecule has 0 saturated heterocycles. The van der Waals surface area contributed by atoms with Crippen molar-refractivity contribution in [2.75, 3.05) is 20.2 Å². The topological polar surface area (TPSA) is 157 Å². The number of carboxylic acids is 2. The van der Waals surface area contributed by atoms with Crippen LogP contribution in [0.15, 0.2) is 109 Å². The standard InChI is InChI=1S/C40H42N2O8.CH3O.Na/c1-3-23-41(25-27-15-19-31(20-16-27)49-29-11-7-5-8-12-29)37(43)33-34(36(40(47)48)35(33)39(45)46)38(44)42(24-4-2)26-28-17-21-32(22-18-28)50-30-13-9-6-10-14-30;1-2;/h5-22,33-36H,3-4,23-26H2,1-2H3,(H,45,46)(H,47,48);1H3;/q;-1;+1/t33-,34-,35-,36-;;/m1../s1. The molecule has 1 fully saturated rings. The molecule has 2 N–H and O–H groups in total. The molecule has 4 aromatic carbocycles. The SMILES string of the molecule is CCCN(Cc1ccc(Oc2ccccc2)cc1)C(=O)[C@H]1[C@@H](C(=O)O)[C@H](C(=O)O)[C@@H]1C(=O)N(CCC)Cc1ccc(Oc2ccccc2)cc1.C[O-].[Na+]. The van der Waals surface area contributed by atoms with Crippen LogP contribution >= 0.6 is 0 Å². The molecule has 5 rings (SSSR count). The van der Waals surface area contributed by atoms with Gasteiger partial charge in [0.05, 0.1) is 23.7 Å². The first-order valence-electron chi connectivity index (χ1n) is 17.3. The fraction of sp³-hybridized carbons (Fsp3) is 0.317. The Morgan fingerprint density at radius 3 is 1.11 bits per heavy atom. The van der Waals surface area contributed by atoms with Gasteiger partial charge in [0.1, 0.15) is 23.0 Å². The van der Waals surface area contributed by atoms with E-state index in [0.29, 0.717) is 48.9 Å². The Kier molecular flexibility index (Phi) is 17.0. The van der Waals surface area contributed by atoms with Crippen molar-refractivity contribution in [1.29, 1.82) is 0 Å². The summed E-state index contributed by atoms with van der Waals surface area (Å²) in [5.74, 6) is -7.03. The average Bonchev–Trinajstić information content (AvgIpc) is 3.13. The second-order valence-corrected chi connectivity index (χ2v) is 12.4.